The number of halogens is 1. The molecule has 11 heavy (non-hydrogen) atoms. The van der Waals surface area contributed by atoms with Crippen molar-refractivity contribution in [2.24, 2.45) is 5.92 Å². The first-order valence-corrected chi connectivity index (χ1v) is 5.40. The number of carbonyl (C=O) groups is 1. The van der Waals surface area contributed by atoms with E-state index < -0.39 is 0 Å². The van der Waals surface area contributed by atoms with E-state index in [1.807, 2.05) is 4.08 Å². The maximum absolute atomic E-state index is 11.3. The van der Waals surface area contributed by atoms with Crippen LogP contribution in [0.5, 0.6) is 0 Å². The van der Waals surface area contributed by atoms with E-state index >= 15 is 0 Å². The Bertz CT molecular complexity index is 157. The van der Waals surface area contributed by atoms with Gasteiger partial charge in [-0.3, -0.25) is 4.79 Å². The summed E-state index contributed by atoms with van der Waals surface area (Å²) in [5.41, 5.74) is 0. The summed E-state index contributed by atoms with van der Waals surface area (Å²) >= 11 is 2.10. The summed E-state index contributed by atoms with van der Waals surface area (Å²) in [6, 6.07) is 0. The summed E-state index contributed by atoms with van der Waals surface area (Å²) in [5.74, 6) is 0.675. The second-order valence-electron chi connectivity index (χ2n) is 3.03. The highest BCUT2D eigenvalue weighted by Crippen LogP contribution is 2.24. The van der Waals surface area contributed by atoms with Crippen molar-refractivity contribution >= 4 is 28.4 Å². The molecule has 1 saturated carbocycles. The van der Waals surface area contributed by atoms with Gasteiger partial charge in [-0.05, 0) is 23.0 Å². The molecule has 0 aromatic heterocycles. The Morgan fingerprint density at radius 3 is 2.45 bits per heavy atom. The average Bonchev–Trinajstić information content (AvgIpc) is 2.07. The highest BCUT2D eigenvalue weighted by atomic mass is 127. The van der Waals surface area contributed by atoms with Gasteiger partial charge in [-0.2, -0.15) is 0 Å². The molecule has 0 aromatic rings. The molecule has 0 heterocycles. The molecular weight excluding hydrogens is 251 g/mol. The van der Waals surface area contributed by atoms with Crippen LogP contribution in [0.25, 0.3) is 0 Å². The second-order valence-corrected chi connectivity index (χ2v) is 3.75. The lowest BCUT2D eigenvalue weighted by Crippen LogP contribution is -2.15. The molecule has 0 saturated heterocycles. The molecule has 0 aromatic carbocycles. The molecule has 0 bridgehead atoms. The summed E-state index contributed by atoms with van der Waals surface area (Å²) in [6.07, 6.45) is 7.73. The summed E-state index contributed by atoms with van der Waals surface area (Å²) in [6.45, 7) is 0. The highest BCUT2D eigenvalue weighted by molar-refractivity contribution is 14.1. The molecule has 62 valence electrons. The number of ketones is 1. The minimum Gasteiger partial charge on any atom is -0.295 e. The van der Waals surface area contributed by atoms with Gasteiger partial charge in [-0.1, -0.05) is 41.9 Å². The van der Waals surface area contributed by atoms with E-state index in [-0.39, 0.29) is 0 Å². The van der Waals surface area contributed by atoms with E-state index in [0.717, 1.165) is 12.8 Å². The Kier molecular flexibility index (Phi) is 4.12. The topological polar surface area (TPSA) is 17.1 Å². The molecule has 0 amide bonds. The lowest BCUT2D eigenvalue weighted by atomic mass is 9.86. The third-order valence-corrected chi connectivity index (χ3v) is 2.59. The standard InChI is InChI=1S/C9H13IO/c10-7-6-9(11)8-4-2-1-3-5-8/h6-8H,1-5H2/b7-6+. The molecule has 1 aliphatic carbocycles. The van der Waals surface area contributed by atoms with Crippen molar-refractivity contribution in [3.05, 3.63) is 10.2 Å². The third kappa shape index (κ3) is 2.93. The van der Waals surface area contributed by atoms with E-state index in [0.29, 0.717) is 11.7 Å². The van der Waals surface area contributed by atoms with E-state index in [1.54, 1.807) is 6.08 Å². The first-order valence-electron chi connectivity index (χ1n) is 4.15. The zero-order valence-electron chi connectivity index (χ0n) is 6.55. The van der Waals surface area contributed by atoms with Gasteiger partial charge >= 0.3 is 0 Å². The van der Waals surface area contributed by atoms with Crippen LogP contribution in [0.1, 0.15) is 32.1 Å². The molecule has 0 aliphatic heterocycles. The largest absolute Gasteiger partial charge is 0.295 e. The molecule has 0 atom stereocenters. The van der Waals surface area contributed by atoms with E-state index in [2.05, 4.69) is 22.6 Å². The van der Waals surface area contributed by atoms with Crippen LogP contribution in [0.15, 0.2) is 10.2 Å². The van der Waals surface area contributed by atoms with Crippen molar-refractivity contribution in [3.8, 4) is 0 Å². The van der Waals surface area contributed by atoms with Crippen molar-refractivity contribution < 1.29 is 4.79 Å². The summed E-state index contributed by atoms with van der Waals surface area (Å²) in [4.78, 5) is 11.3. The van der Waals surface area contributed by atoms with Crippen LogP contribution < -0.4 is 0 Å². The molecule has 2 heteroatoms. The smallest absolute Gasteiger partial charge is 0.159 e. The zero-order chi connectivity index (χ0) is 8.10. The van der Waals surface area contributed by atoms with Gasteiger partial charge in [0.2, 0.25) is 0 Å². The number of rotatable bonds is 2. The molecular formula is C9H13IO. The lowest BCUT2D eigenvalue weighted by Gasteiger charge is -2.18. The quantitative estimate of drug-likeness (QED) is 0.553. The van der Waals surface area contributed by atoms with Gasteiger partial charge in [0.25, 0.3) is 0 Å². The monoisotopic (exact) mass is 264 g/mol. The van der Waals surface area contributed by atoms with E-state index in [9.17, 15) is 4.79 Å². The summed E-state index contributed by atoms with van der Waals surface area (Å²) in [7, 11) is 0. The number of allylic oxidation sites excluding steroid dienone is 1. The van der Waals surface area contributed by atoms with Crippen molar-refractivity contribution in [3.63, 3.8) is 0 Å². The average molecular weight is 264 g/mol. The molecule has 1 nitrogen and oxygen atoms in total. The Morgan fingerprint density at radius 1 is 1.27 bits per heavy atom. The number of hydrogen-bond acceptors (Lipinski definition) is 1. The van der Waals surface area contributed by atoms with Crippen molar-refractivity contribution in [1.82, 2.24) is 0 Å². The molecule has 1 aliphatic rings. The van der Waals surface area contributed by atoms with E-state index in [4.69, 9.17) is 0 Å². The van der Waals surface area contributed by atoms with Crippen molar-refractivity contribution in [1.29, 1.82) is 0 Å². The van der Waals surface area contributed by atoms with Crippen LogP contribution in [0.4, 0.5) is 0 Å². The predicted octanol–water partition coefficient (Wildman–Crippen LogP) is 3.08. The third-order valence-electron chi connectivity index (χ3n) is 2.23. The van der Waals surface area contributed by atoms with Gasteiger partial charge < -0.3 is 0 Å². The van der Waals surface area contributed by atoms with Crippen molar-refractivity contribution in [2.45, 2.75) is 32.1 Å². The van der Waals surface area contributed by atoms with Gasteiger partial charge in [0, 0.05) is 5.92 Å². The Morgan fingerprint density at radius 2 is 1.91 bits per heavy atom. The minimum atomic E-state index is 0.333. The molecule has 0 unspecified atom stereocenters. The summed E-state index contributed by atoms with van der Waals surface area (Å²) < 4.78 is 1.81. The van der Waals surface area contributed by atoms with Crippen molar-refractivity contribution in [2.75, 3.05) is 0 Å². The minimum absolute atomic E-state index is 0.333. The molecule has 0 N–H and O–H groups in total. The Balaban J connectivity index is 2.38. The number of carbonyl (C=O) groups excluding carboxylic acids is 1. The normalized spacial score (nSPS) is 20.8. The fourth-order valence-electron chi connectivity index (χ4n) is 1.59. The highest BCUT2D eigenvalue weighted by Gasteiger charge is 2.18. The van der Waals surface area contributed by atoms with Gasteiger partial charge in [0.05, 0.1) is 0 Å². The van der Waals surface area contributed by atoms with E-state index in [1.165, 1.54) is 19.3 Å². The van der Waals surface area contributed by atoms with Crippen LogP contribution >= 0.6 is 22.6 Å². The van der Waals surface area contributed by atoms with Crippen LogP contribution in [-0.2, 0) is 4.79 Å². The Labute approximate surface area is 81.4 Å². The zero-order valence-corrected chi connectivity index (χ0v) is 8.71. The predicted molar refractivity (Wildman–Crippen MR) is 54.7 cm³/mol. The van der Waals surface area contributed by atoms with Gasteiger partial charge in [0.15, 0.2) is 5.78 Å². The van der Waals surface area contributed by atoms with Gasteiger partial charge in [0.1, 0.15) is 0 Å². The van der Waals surface area contributed by atoms with Crippen LogP contribution in [0.3, 0.4) is 0 Å². The molecule has 1 rings (SSSR count). The first kappa shape index (κ1) is 9.23. The van der Waals surface area contributed by atoms with Crippen LogP contribution in [-0.4, -0.2) is 5.78 Å². The first-order chi connectivity index (χ1) is 5.34. The summed E-state index contributed by atoms with van der Waals surface area (Å²) in [5, 5.41) is 0. The maximum Gasteiger partial charge on any atom is 0.159 e. The SMILES string of the molecule is O=C(/C=C/I)C1CCCCC1. The molecule has 1 fully saturated rings. The Hall–Kier alpha value is 0.140. The number of hydrogen-bond donors (Lipinski definition) is 0. The molecule has 0 spiro atoms. The lowest BCUT2D eigenvalue weighted by molar-refractivity contribution is -0.119. The van der Waals surface area contributed by atoms with Gasteiger partial charge in [-0.25, -0.2) is 0 Å². The maximum atomic E-state index is 11.3. The fraction of sp³-hybridized carbons (Fsp3) is 0.667. The fourth-order valence-corrected chi connectivity index (χ4v) is 1.94. The second kappa shape index (κ2) is 4.91. The molecule has 0 radical (unpaired) electrons. The van der Waals surface area contributed by atoms with Crippen LogP contribution in [0.2, 0.25) is 0 Å². The van der Waals surface area contributed by atoms with Crippen LogP contribution in [0, 0.1) is 5.92 Å². The van der Waals surface area contributed by atoms with Gasteiger partial charge in [-0.15, -0.1) is 0 Å².